The highest BCUT2D eigenvalue weighted by molar-refractivity contribution is 6.34. The number of amides is 1. The standard InChI is InChI=1S/C33H34ClFN6O3/c1-19(2)22-11-7-8-13-26(22)41-30-23(16-24(34)28(37-30)27-21(17-36)10-9-12-25(27)35)29(38-31(41)42)40-15-14-39(18-20(40)3)32(43)44-33(4,5)6/h7-13,16,19-20H,14-15,18H2,1-6H3/t20-/m0/s1. The largest absolute Gasteiger partial charge is 0.444 e. The summed E-state index contributed by atoms with van der Waals surface area (Å²) in [6, 6.07) is 15.1. The van der Waals surface area contributed by atoms with E-state index in [1.54, 1.807) is 11.0 Å². The average Bonchev–Trinajstić information content (AvgIpc) is 2.96. The third-order valence-corrected chi connectivity index (χ3v) is 7.81. The molecular formula is C33H34ClFN6O3. The number of fused-ring (bicyclic) bond motifs is 1. The molecule has 11 heteroatoms. The number of carbonyl (C=O) groups excluding carboxylic acids is 1. The number of halogens is 2. The van der Waals surface area contributed by atoms with Gasteiger partial charge in [-0.05, 0) is 63.4 Å². The smallest absolute Gasteiger partial charge is 0.410 e. The SMILES string of the molecule is CC(C)c1ccccc1-n1c(=O)nc(N2CCN(C(=O)OC(C)(C)C)C[C@@H]2C)c2cc(Cl)c(-c3c(F)cccc3C#N)nc21. The topological polar surface area (TPSA) is 104 Å². The molecule has 4 aromatic rings. The van der Waals surface area contributed by atoms with Crippen molar-refractivity contribution < 1.29 is 13.9 Å². The number of carbonyl (C=O) groups is 1. The summed E-state index contributed by atoms with van der Waals surface area (Å²) in [6.07, 6.45) is -0.407. The predicted molar refractivity (Wildman–Crippen MR) is 169 cm³/mol. The highest BCUT2D eigenvalue weighted by Gasteiger charge is 2.33. The second-order valence-electron chi connectivity index (χ2n) is 12.2. The van der Waals surface area contributed by atoms with E-state index in [1.807, 2.05) is 76.8 Å². The maximum atomic E-state index is 15.2. The van der Waals surface area contributed by atoms with Gasteiger partial charge in [0.25, 0.3) is 0 Å². The van der Waals surface area contributed by atoms with Crippen molar-refractivity contribution in [2.24, 2.45) is 0 Å². The van der Waals surface area contributed by atoms with Crippen LogP contribution in [0.4, 0.5) is 15.0 Å². The molecule has 2 aromatic heterocycles. The summed E-state index contributed by atoms with van der Waals surface area (Å²) >= 11 is 6.79. The zero-order chi connectivity index (χ0) is 31.9. The number of ether oxygens (including phenoxy) is 1. The van der Waals surface area contributed by atoms with E-state index in [1.165, 1.54) is 22.8 Å². The molecule has 0 saturated carbocycles. The molecule has 1 aliphatic heterocycles. The summed E-state index contributed by atoms with van der Waals surface area (Å²) in [5.74, 6) is -0.234. The normalized spacial score (nSPS) is 15.5. The van der Waals surface area contributed by atoms with Crippen molar-refractivity contribution in [1.82, 2.24) is 19.4 Å². The van der Waals surface area contributed by atoms with Crippen LogP contribution in [0, 0.1) is 17.1 Å². The number of aromatic nitrogens is 3. The summed E-state index contributed by atoms with van der Waals surface area (Å²) in [6.45, 7) is 12.5. The fourth-order valence-corrected chi connectivity index (χ4v) is 5.76. The van der Waals surface area contributed by atoms with Gasteiger partial charge in [-0.3, -0.25) is 0 Å². The van der Waals surface area contributed by atoms with E-state index in [2.05, 4.69) is 4.98 Å². The van der Waals surface area contributed by atoms with Crippen LogP contribution in [-0.2, 0) is 4.74 Å². The lowest BCUT2D eigenvalue weighted by Gasteiger charge is -2.41. The summed E-state index contributed by atoms with van der Waals surface area (Å²) in [5, 5.41) is 10.3. The van der Waals surface area contributed by atoms with Crippen LogP contribution in [-0.4, -0.2) is 56.8 Å². The van der Waals surface area contributed by atoms with Crippen molar-refractivity contribution in [2.75, 3.05) is 24.5 Å². The number of para-hydroxylation sites is 1. The van der Waals surface area contributed by atoms with Gasteiger partial charge in [0.1, 0.15) is 17.2 Å². The molecule has 228 valence electrons. The fourth-order valence-electron chi connectivity index (χ4n) is 5.52. The first-order valence-corrected chi connectivity index (χ1v) is 14.8. The molecule has 1 saturated heterocycles. The third-order valence-electron chi connectivity index (χ3n) is 7.52. The molecular weight excluding hydrogens is 583 g/mol. The van der Waals surface area contributed by atoms with Crippen molar-refractivity contribution in [3.8, 4) is 23.0 Å². The maximum Gasteiger partial charge on any atom is 0.410 e. The van der Waals surface area contributed by atoms with Gasteiger partial charge in [0.05, 0.1) is 39.0 Å². The minimum Gasteiger partial charge on any atom is -0.444 e. The number of nitrogens with zero attached hydrogens (tertiary/aromatic N) is 6. The van der Waals surface area contributed by atoms with Crippen LogP contribution in [0.2, 0.25) is 5.02 Å². The summed E-state index contributed by atoms with van der Waals surface area (Å²) < 4.78 is 22.2. The zero-order valence-electron chi connectivity index (χ0n) is 25.6. The number of hydrogen-bond donors (Lipinski definition) is 0. The van der Waals surface area contributed by atoms with E-state index in [9.17, 15) is 14.9 Å². The van der Waals surface area contributed by atoms with Crippen LogP contribution in [0.25, 0.3) is 28.0 Å². The first-order chi connectivity index (χ1) is 20.8. The molecule has 1 atom stereocenters. The van der Waals surface area contributed by atoms with Crippen LogP contribution < -0.4 is 10.6 Å². The summed E-state index contributed by atoms with van der Waals surface area (Å²) in [4.78, 5) is 39.7. The van der Waals surface area contributed by atoms with Crippen molar-refractivity contribution in [3.63, 3.8) is 0 Å². The molecule has 0 bridgehead atoms. The Labute approximate surface area is 260 Å². The molecule has 5 rings (SSSR count). The van der Waals surface area contributed by atoms with E-state index < -0.39 is 23.2 Å². The zero-order valence-corrected chi connectivity index (χ0v) is 26.3. The second-order valence-corrected chi connectivity index (χ2v) is 12.6. The van der Waals surface area contributed by atoms with Crippen molar-refractivity contribution >= 4 is 34.5 Å². The third kappa shape index (κ3) is 5.84. The molecule has 9 nitrogen and oxygen atoms in total. The van der Waals surface area contributed by atoms with Crippen LogP contribution >= 0.6 is 11.6 Å². The van der Waals surface area contributed by atoms with Gasteiger partial charge in [-0.15, -0.1) is 0 Å². The number of hydrogen-bond acceptors (Lipinski definition) is 7. The molecule has 1 aliphatic rings. The molecule has 1 amide bonds. The number of piperazine rings is 1. The lowest BCUT2D eigenvalue weighted by molar-refractivity contribution is 0.0218. The van der Waals surface area contributed by atoms with Crippen molar-refractivity contribution in [2.45, 2.75) is 59.1 Å². The first kappa shape index (κ1) is 31.0. The Balaban J connectivity index is 1.73. The Morgan fingerprint density at radius 3 is 2.52 bits per heavy atom. The maximum absolute atomic E-state index is 15.2. The Kier molecular flexibility index (Phi) is 8.36. The molecule has 1 fully saturated rings. The van der Waals surface area contributed by atoms with Gasteiger partial charge in [0.15, 0.2) is 5.65 Å². The lowest BCUT2D eigenvalue weighted by atomic mass is 10.0. The van der Waals surface area contributed by atoms with Gasteiger partial charge >= 0.3 is 11.8 Å². The second kappa shape index (κ2) is 11.9. The number of anilines is 1. The monoisotopic (exact) mass is 616 g/mol. The first-order valence-electron chi connectivity index (χ1n) is 14.5. The lowest BCUT2D eigenvalue weighted by Crippen LogP contribution is -2.55. The Hall–Kier alpha value is -4.49. The average molecular weight is 617 g/mol. The van der Waals surface area contributed by atoms with Gasteiger partial charge in [-0.2, -0.15) is 10.2 Å². The fraction of sp³-hybridized carbons (Fsp3) is 0.364. The highest BCUT2D eigenvalue weighted by atomic mass is 35.5. The predicted octanol–water partition coefficient (Wildman–Crippen LogP) is 6.68. The van der Waals surface area contributed by atoms with Gasteiger partial charge in [0.2, 0.25) is 0 Å². The van der Waals surface area contributed by atoms with Gasteiger partial charge in [-0.1, -0.05) is 49.7 Å². The molecule has 2 aromatic carbocycles. The van der Waals surface area contributed by atoms with Crippen LogP contribution in [0.5, 0.6) is 0 Å². The number of nitriles is 1. The van der Waals surface area contributed by atoms with Crippen molar-refractivity contribution in [1.29, 1.82) is 5.26 Å². The van der Waals surface area contributed by atoms with E-state index in [0.717, 1.165) is 5.56 Å². The van der Waals surface area contributed by atoms with Crippen LogP contribution in [0.3, 0.4) is 0 Å². The van der Waals surface area contributed by atoms with E-state index in [-0.39, 0.29) is 39.5 Å². The molecule has 0 N–H and O–H groups in total. The summed E-state index contributed by atoms with van der Waals surface area (Å²) in [5.41, 5.74) is 0.575. The number of pyridine rings is 1. The van der Waals surface area contributed by atoms with Crippen LogP contribution in [0.15, 0.2) is 53.3 Å². The van der Waals surface area contributed by atoms with Gasteiger partial charge in [-0.25, -0.2) is 23.5 Å². The minimum atomic E-state index is -0.657. The van der Waals surface area contributed by atoms with E-state index >= 15 is 4.39 Å². The highest BCUT2D eigenvalue weighted by Crippen LogP contribution is 2.37. The number of benzene rings is 2. The van der Waals surface area contributed by atoms with E-state index in [4.69, 9.17) is 21.3 Å². The van der Waals surface area contributed by atoms with Crippen LogP contribution in [0.1, 0.15) is 58.6 Å². The molecule has 0 radical (unpaired) electrons. The van der Waals surface area contributed by atoms with Gasteiger partial charge < -0.3 is 14.5 Å². The molecule has 3 heterocycles. The Bertz CT molecular complexity index is 1860. The Morgan fingerprint density at radius 1 is 1.14 bits per heavy atom. The molecule has 0 spiro atoms. The van der Waals surface area contributed by atoms with Gasteiger partial charge in [0, 0.05) is 25.7 Å². The number of rotatable bonds is 4. The molecule has 0 unspecified atom stereocenters. The quantitative estimate of drug-likeness (QED) is 0.252. The molecule has 44 heavy (non-hydrogen) atoms. The summed E-state index contributed by atoms with van der Waals surface area (Å²) in [7, 11) is 0. The minimum absolute atomic E-state index is 0.0453. The Morgan fingerprint density at radius 2 is 1.86 bits per heavy atom. The van der Waals surface area contributed by atoms with Crippen molar-refractivity contribution in [3.05, 3.63) is 81.0 Å². The molecule has 0 aliphatic carbocycles. The van der Waals surface area contributed by atoms with E-state index in [0.29, 0.717) is 36.5 Å².